The van der Waals surface area contributed by atoms with Crippen LogP contribution in [0.3, 0.4) is 0 Å². The van der Waals surface area contributed by atoms with Crippen LogP contribution in [0.4, 0.5) is 8.78 Å². The normalized spacial score (nSPS) is 44.0. The van der Waals surface area contributed by atoms with Gasteiger partial charge in [-0.3, -0.25) is 4.21 Å². The van der Waals surface area contributed by atoms with Crippen LogP contribution in [-0.2, 0) is 11.1 Å². The zero-order valence-corrected chi connectivity index (χ0v) is 10.4. The number of alkyl halides is 2. The Kier molecular flexibility index (Phi) is 2.76. The van der Waals surface area contributed by atoms with Crippen LogP contribution in [0.15, 0.2) is 0 Å². The van der Waals surface area contributed by atoms with E-state index in [2.05, 4.69) is 0 Å². The second kappa shape index (κ2) is 2.98. The Balaban J connectivity index is 0.000000845. The summed E-state index contributed by atoms with van der Waals surface area (Å²) < 4.78 is 46.0. The van der Waals surface area contributed by atoms with Crippen LogP contribution in [-0.4, -0.2) is 19.4 Å². The summed E-state index contributed by atoms with van der Waals surface area (Å²) in [5.41, 5.74) is -0.979. The number of halogens is 2. The second-order valence-corrected chi connectivity index (χ2v) is 5.45. The van der Waals surface area contributed by atoms with Crippen LogP contribution in [0, 0.1) is 5.41 Å². The fourth-order valence-corrected chi connectivity index (χ4v) is 3.52. The summed E-state index contributed by atoms with van der Waals surface area (Å²) in [4.78, 5) is 0. The van der Waals surface area contributed by atoms with Crippen molar-refractivity contribution in [3.8, 4) is 0 Å². The largest absolute Gasteiger partial charge is 1.00 e. The third-order valence-electron chi connectivity index (χ3n) is 3.27. The average Bonchev–Trinajstić information content (AvgIpc) is 1.46. The van der Waals surface area contributed by atoms with Crippen molar-refractivity contribution in [1.29, 1.82) is 0 Å². The summed E-state index contributed by atoms with van der Waals surface area (Å²) in [6.07, 6.45) is 0.457. The van der Waals surface area contributed by atoms with Gasteiger partial charge in [-0.05, 0) is 37.3 Å². The molecule has 0 aromatic heterocycles. The molecule has 0 amide bonds. The molecule has 6 heteroatoms. The monoisotopic (exact) mass is 218 g/mol. The SMILES string of the molecule is CC(F)(F)C12CC(S(=O)[O-])(C1)C2.[Na+]. The molecule has 0 radical (unpaired) electrons. The summed E-state index contributed by atoms with van der Waals surface area (Å²) in [6.45, 7) is 0.879. The van der Waals surface area contributed by atoms with Gasteiger partial charge in [0.25, 0.3) is 5.92 Å². The minimum Gasteiger partial charge on any atom is -0.772 e. The van der Waals surface area contributed by atoms with Crippen LogP contribution in [0.25, 0.3) is 0 Å². The molecule has 0 aromatic carbocycles. The number of rotatable bonds is 2. The number of hydrogen-bond donors (Lipinski definition) is 0. The number of hydrogen-bond acceptors (Lipinski definition) is 2. The molecular formula is C7H9F2NaO2S. The van der Waals surface area contributed by atoms with Crippen LogP contribution >= 0.6 is 0 Å². The van der Waals surface area contributed by atoms with Gasteiger partial charge in [0.2, 0.25) is 0 Å². The van der Waals surface area contributed by atoms with Crippen molar-refractivity contribution >= 4 is 11.1 Å². The van der Waals surface area contributed by atoms with E-state index in [1.54, 1.807) is 0 Å². The standard InChI is InChI=1S/C7H10F2O2S.Na/c1-5(8,9)6-2-7(3-6,4-6)12(10)11;/h2-4H2,1H3,(H,10,11);/q;+1/p-1. The van der Waals surface area contributed by atoms with Gasteiger partial charge in [0.1, 0.15) is 0 Å². The summed E-state index contributed by atoms with van der Waals surface area (Å²) in [5, 5.41) is 0. The zero-order valence-electron chi connectivity index (χ0n) is 7.60. The molecule has 3 fully saturated rings. The summed E-state index contributed by atoms with van der Waals surface area (Å²) in [6, 6.07) is 0. The molecule has 3 saturated carbocycles. The van der Waals surface area contributed by atoms with Crippen LogP contribution in [0.1, 0.15) is 26.2 Å². The van der Waals surface area contributed by atoms with E-state index in [9.17, 15) is 17.5 Å². The molecule has 2 nitrogen and oxygen atoms in total. The van der Waals surface area contributed by atoms with Crippen LogP contribution in [0.5, 0.6) is 0 Å². The molecule has 3 rings (SSSR count). The summed E-state index contributed by atoms with van der Waals surface area (Å²) in [5.74, 6) is -2.71. The van der Waals surface area contributed by atoms with Gasteiger partial charge < -0.3 is 4.55 Å². The topological polar surface area (TPSA) is 40.1 Å². The van der Waals surface area contributed by atoms with Crippen molar-refractivity contribution in [1.82, 2.24) is 0 Å². The first-order valence-corrected chi connectivity index (χ1v) is 4.86. The molecular weight excluding hydrogens is 209 g/mol. The maximum absolute atomic E-state index is 12.8. The maximum Gasteiger partial charge on any atom is 1.00 e. The Morgan fingerprint density at radius 1 is 1.38 bits per heavy atom. The summed E-state index contributed by atoms with van der Waals surface area (Å²) in [7, 11) is 0. The van der Waals surface area contributed by atoms with Gasteiger partial charge in [0.15, 0.2) is 0 Å². The minimum absolute atomic E-state index is 0. The van der Waals surface area contributed by atoms with Gasteiger partial charge in [-0.2, -0.15) is 0 Å². The van der Waals surface area contributed by atoms with Gasteiger partial charge in [0, 0.05) is 10.2 Å². The Morgan fingerprint density at radius 2 is 1.77 bits per heavy atom. The van der Waals surface area contributed by atoms with Crippen molar-refractivity contribution < 1.29 is 47.1 Å². The van der Waals surface area contributed by atoms with E-state index in [4.69, 9.17) is 0 Å². The van der Waals surface area contributed by atoms with E-state index >= 15 is 0 Å². The molecule has 70 valence electrons. The quantitative estimate of drug-likeness (QED) is 0.416. The Bertz CT molecular complexity index is 244. The van der Waals surface area contributed by atoms with Gasteiger partial charge in [-0.15, -0.1) is 0 Å². The molecule has 1 unspecified atom stereocenters. The van der Waals surface area contributed by atoms with Gasteiger partial charge in [-0.25, -0.2) is 8.78 Å². The van der Waals surface area contributed by atoms with Crippen molar-refractivity contribution in [3.05, 3.63) is 0 Å². The first-order valence-electron chi connectivity index (χ1n) is 3.79. The predicted octanol–water partition coefficient (Wildman–Crippen LogP) is -1.55. The second-order valence-electron chi connectivity index (χ2n) is 4.12. The van der Waals surface area contributed by atoms with Gasteiger partial charge in [-0.1, -0.05) is 0 Å². The predicted molar refractivity (Wildman–Crippen MR) is 38.6 cm³/mol. The Hall–Kier alpha value is 0.970. The Morgan fingerprint density at radius 3 is 2.00 bits per heavy atom. The molecule has 0 spiro atoms. The molecule has 0 aromatic rings. The molecule has 3 aliphatic carbocycles. The maximum atomic E-state index is 12.8. The van der Waals surface area contributed by atoms with Gasteiger partial charge >= 0.3 is 29.6 Å². The summed E-state index contributed by atoms with van der Waals surface area (Å²) >= 11 is -2.17. The average molecular weight is 218 g/mol. The smallest absolute Gasteiger partial charge is 0.772 e. The molecule has 2 bridgehead atoms. The van der Waals surface area contributed by atoms with Crippen LogP contribution < -0.4 is 29.6 Å². The zero-order chi connectivity index (χ0) is 9.20. The molecule has 0 saturated heterocycles. The van der Waals surface area contributed by atoms with Crippen molar-refractivity contribution in [2.24, 2.45) is 5.41 Å². The molecule has 0 aliphatic heterocycles. The van der Waals surface area contributed by atoms with E-state index in [1.165, 1.54) is 0 Å². The van der Waals surface area contributed by atoms with E-state index in [0.717, 1.165) is 6.92 Å². The van der Waals surface area contributed by atoms with Crippen molar-refractivity contribution in [2.75, 3.05) is 0 Å². The fraction of sp³-hybridized carbons (Fsp3) is 1.00. The first kappa shape index (κ1) is 12.0. The van der Waals surface area contributed by atoms with Crippen molar-refractivity contribution in [3.63, 3.8) is 0 Å². The minimum atomic E-state index is -2.71. The van der Waals surface area contributed by atoms with Gasteiger partial charge in [0.05, 0.1) is 0 Å². The van der Waals surface area contributed by atoms with E-state index < -0.39 is 27.2 Å². The first-order chi connectivity index (χ1) is 5.31. The van der Waals surface area contributed by atoms with E-state index in [-0.39, 0.29) is 48.8 Å². The third-order valence-corrected chi connectivity index (χ3v) is 4.41. The van der Waals surface area contributed by atoms with E-state index in [0.29, 0.717) is 0 Å². The molecule has 1 atom stereocenters. The molecule has 0 N–H and O–H groups in total. The van der Waals surface area contributed by atoms with E-state index in [1.807, 2.05) is 0 Å². The van der Waals surface area contributed by atoms with Crippen LogP contribution in [0.2, 0.25) is 0 Å². The molecule has 13 heavy (non-hydrogen) atoms. The fourth-order valence-electron chi connectivity index (χ4n) is 2.34. The third kappa shape index (κ3) is 1.35. The molecule has 3 aliphatic rings. The molecule has 0 heterocycles. The van der Waals surface area contributed by atoms with Crippen molar-refractivity contribution in [2.45, 2.75) is 36.9 Å². The Labute approximate surface area is 100 Å².